The maximum atomic E-state index is 6.19. The fraction of sp³-hybridized carbons (Fsp3) is 0.182. The average molecular weight is 456 g/mol. The topological polar surface area (TPSA) is 18.5 Å². The molecule has 0 spiro atoms. The van der Waals surface area contributed by atoms with Gasteiger partial charge in [0.1, 0.15) is 0 Å². The van der Waals surface area contributed by atoms with Crippen LogP contribution in [0.4, 0.5) is 0 Å². The van der Waals surface area contributed by atoms with Crippen LogP contribution in [0.25, 0.3) is 0 Å². The van der Waals surface area contributed by atoms with Gasteiger partial charge in [-0.1, -0.05) is 82.8 Å². The van der Waals surface area contributed by atoms with E-state index in [0.717, 1.165) is 22.3 Å². The molecule has 3 aromatic carbocycles. The summed E-state index contributed by atoms with van der Waals surface area (Å²) in [7, 11) is 0. The molecule has 0 aliphatic carbocycles. The fourth-order valence-electron chi connectivity index (χ4n) is 2.66. The fourth-order valence-corrected chi connectivity index (χ4v) is 3.58. The Labute approximate surface area is 184 Å². The summed E-state index contributed by atoms with van der Waals surface area (Å²) in [6, 6.07) is 18.8. The van der Waals surface area contributed by atoms with Gasteiger partial charge in [-0.15, -0.1) is 0 Å². The first-order valence-corrected chi connectivity index (χ1v) is 10.1. The second-order valence-electron chi connectivity index (χ2n) is 6.23. The van der Waals surface area contributed by atoms with Crippen molar-refractivity contribution in [1.82, 2.24) is 0 Å². The smallest absolute Gasteiger partial charge is 0.0735 e. The molecule has 0 radical (unpaired) electrons. The van der Waals surface area contributed by atoms with Crippen LogP contribution in [0.1, 0.15) is 22.3 Å². The van der Waals surface area contributed by atoms with E-state index in [9.17, 15) is 0 Å². The standard InChI is InChI=1S/C22H18Cl4O2/c23-19-7-5-17(21(25)9-19)13-27-11-15-3-1-2-4-16(15)12-28-14-18-6-8-20(24)10-22(18)26/h1-10H,11-14H2. The molecule has 3 aromatic rings. The van der Waals surface area contributed by atoms with Crippen molar-refractivity contribution in [3.63, 3.8) is 0 Å². The van der Waals surface area contributed by atoms with Gasteiger partial charge in [-0.25, -0.2) is 0 Å². The van der Waals surface area contributed by atoms with E-state index in [2.05, 4.69) is 0 Å². The number of hydrogen-bond donors (Lipinski definition) is 0. The van der Waals surface area contributed by atoms with Crippen LogP contribution in [-0.4, -0.2) is 0 Å². The molecule has 6 heteroatoms. The van der Waals surface area contributed by atoms with Gasteiger partial charge in [0.05, 0.1) is 26.4 Å². The van der Waals surface area contributed by atoms with E-state index in [-0.39, 0.29) is 0 Å². The summed E-state index contributed by atoms with van der Waals surface area (Å²) in [6.07, 6.45) is 0. The van der Waals surface area contributed by atoms with Gasteiger partial charge >= 0.3 is 0 Å². The number of halogens is 4. The van der Waals surface area contributed by atoms with Crippen molar-refractivity contribution < 1.29 is 9.47 Å². The summed E-state index contributed by atoms with van der Waals surface area (Å²) in [5.74, 6) is 0. The third kappa shape index (κ3) is 6.12. The van der Waals surface area contributed by atoms with Crippen LogP contribution in [0.5, 0.6) is 0 Å². The first-order valence-electron chi connectivity index (χ1n) is 8.63. The maximum Gasteiger partial charge on any atom is 0.0735 e. The molecule has 0 heterocycles. The molecular formula is C22H18Cl4O2. The first-order chi connectivity index (χ1) is 13.5. The Bertz CT molecular complexity index is 867. The highest BCUT2D eigenvalue weighted by Gasteiger charge is 2.06. The van der Waals surface area contributed by atoms with Gasteiger partial charge < -0.3 is 9.47 Å². The highest BCUT2D eigenvalue weighted by atomic mass is 35.5. The second-order valence-corrected chi connectivity index (χ2v) is 7.91. The minimum atomic E-state index is 0.408. The molecule has 3 rings (SSSR count). The van der Waals surface area contributed by atoms with Crippen LogP contribution in [0.15, 0.2) is 60.7 Å². The molecule has 0 amide bonds. The van der Waals surface area contributed by atoms with Gasteiger partial charge in [-0.2, -0.15) is 0 Å². The summed E-state index contributed by atoms with van der Waals surface area (Å²) in [5, 5.41) is 2.42. The molecule has 146 valence electrons. The van der Waals surface area contributed by atoms with Crippen LogP contribution in [0.2, 0.25) is 20.1 Å². The predicted octanol–water partition coefficient (Wildman–Crippen LogP) is 7.73. The summed E-state index contributed by atoms with van der Waals surface area (Å²) >= 11 is 24.2. The minimum absolute atomic E-state index is 0.408. The van der Waals surface area contributed by atoms with Crippen molar-refractivity contribution in [3.8, 4) is 0 Å². The quantitative estimate of drug-likeness (QED) is 0.345. The predicted molar refractivity (Wildman–Crippen MR) is 116 cm³/mol. The lowest BCUT2D eigenvalue weighted by Gasteiger charge is -2.12. The zero-order valence-corrected chi connectivity index (χ0v) is 18.0. The van der Waals surface area contributed by atoms with Gasteiger partial charge in [-0.3, -0.25) is 0 Å². The minimum Gasteiger partial charge on any atom is -0.372 e. The molecule has 0 saturated carbocycles. The number of ether oxygens (including phenoxy) is 2. The Morgan fingerprint density at radius 2 is 0.893 bits per heavy atom. The Kier molecular flexibility index (Phi) is 8.04. The Morgan fingerprint density at radius 1 is 0.500 bits per heavy atom. The van der Waals surface area contributed by atoms with Gasteiger partial charge in [0, 0.05) is 20.1 Å². The lowest BCUT2D eigenvalue weighted by Crippen LogP contribution is -2.01. The van der Waals surface area contributed by atoms with E-state index in [0.29, 0.717) is 46.5 Å². The molecule has 0 saturated heterocycles. The Hall–Kier alpha value is -1.26. The molecular weight excluding hydrogens is 438 g/mol. The zero-order chi connectivity index (χ0) is 19.9. The average Bonchev–Trinajstić information content (AvgIpc) is 2.66. The van der Waals surface area contributed by atoms with E-state index < -0.39 is 0 Å². The molecule has 0 aromatic heterocycles. The molecule has 0 atom stereocenters. The normalized spacial score (nSPS) is 11.0. The van der Waals surface area contributed by atoms with E-state index in [1.165, 1.54) is 0 Å². The van der Waals surface area contributed by atoms with Crippen LogP contribution < -0.4 is 0 Å². The molecule has 2 nitrogen and oxygen atoms in total. The Balaban J connectivity index is 1.55. The Morgan fingerprint density at radius 3 is 1.29 bits per heavy atom. The van der Waals surface area contributed by atoms with E-state index in [1.54, 1.807) is 24.3 Å². The lowest BCUT2D eigenvalue weighted by atomic mass is 10.1. The monoisotopic (exact) mass is 454 g/mol. The van der Waals surface area contributed by atoms with Crippen LogP contribution >= 0.6 is 46.4 Å². The van der Waals surface area contributed by atoms with Crippen molar-refractivity contribution in [2.45, 2.75) is 26.4 Å². The van der Waals surface area contributed by atoms with Crippen molar-refractivity contribution in [1.29, 1.82) is 0 Å². The number of rotatable bonds is 8. The maximum absolute atomic E-state index is 6.19. The van der Waals surface area contributed by atoms with E-state index in [1.807, 2.05) is 36.4 Å². The second kappa shape index (κ2) is 10.5. The van der Waals surface area contributed by atoms with Crippen molar-refractivity contribution in [3.05, 3.63) is 103 Å². The third-order valence-electron chi connectivity index (χ3n) is 4.18. The third-order valence-corrected chi connectivity index (χ3v) is 5.35. The molecule has 0 unspecified atom stereocenters. The summed E-state index contributed by atoms with van der Waals surface area (Å²) < 4.78 is 11.7. The first kappa shape index (κ1) is 21.4. The van der Waals surface area contributed by atoms with E-state index >= 15 is 0 Å². The van der Waals surface area contributed by atoms with Crippen LogP contribution in [0.3, 0.4) is 0 Å². The summed E-state index contributed by atoms with van der Waals surface area (Å²) in [6.45, 7) is 1.73. The highest BCUT2D eigenvalue weighted by molar-refractivity contribution is 6.35. The zero-order valence-electron chi connectivity index (χ0n) is 14.9. The van der Waals surface area contributed by atoms with E-state index in [4.69, 9.17) is 55.9 Å². The van der Waals surface area contributed by atoms with Crippen molar-refractivity contribution in [2.75, 3.05) is 0 Å². The van der Waals surface area contributed by atoms with Crippen molar-refractivity contribution >= 4 is 46.4 Å². The van der Waals surface area contributed by atoms with Crippen LogP contribution in [-0.2, 0) is 35.9 Å². The number of hydrogen-bond acceptors (Lipinski definition) is 2. The molecule has 0 bridgehead atoms. The largest absolute Gasteiger partial charge is 0.372 e. The van der Waals surface area contributed by atoms with Gasteiger partial charge in [-0.05, 0) is 46.5 Å². The van der Waals surface area contributed by atoms with Crippen LogP contribution in [0, 0.1) is 0 Å². The SMILES string of the molecule is Clc1ccc(COCc2ccccc2COCc2ccc(Cl)cc2Cl)c(Cl)c1. The molecule has 0 aliphatic rings. The molecule has 0 N–H and O–H groups in total. The van der Waals surface area contributed by atoms with Gasteiger partial charge in [0.15, 0.2) is 0 Å². The molecule has 0 aliphatic heterocycles. The van der Waals surface area contributed by atoms with Crippen molar-refractivity contribution in [2.24, 2.45) is 0 Å². The summed E-state index contributed by atoms with van der Waals surface area (Å²) in [5.41, 5.74) is 3.93. The lowest BCUT2D eigenvalue weighted by molar-refractivity contribution is 0.0935. The van der Waals surface area contributed by atoms with Gasteiger partial charge in [0.25, 0.3) is 0 Å². The summed E-state index contributed by atoms with van der Waals surface area (Å²) in [4.78, 5) is 0. The highest BCUT2D eigenvalue weighted by Crippen LogP contribution is 2.24. The molecule has 0 fully saturated rings. The molecule has 28 heavy (non-hydrogen) atoms. The van der Waals surface area contributed by atoms with Gasteiger partial charge in [0.2, 0.25) is 0 Å². The number of benzene rings is 3.